The Bertz CT molecular complexity index is 318. The van der Waals surface area contributed by atoms with E-state index in [-0.39, 0.29) is 0 Å². The van der Waals surface area contributed by atoms with E-state index in [1.807, 2.05) is 0 Å². The third-order valence-electron chi connectivity index (χ3n) is 3.33. The molecule has 1 nitrogen and oxygen atoms in total. The molecule has 1 fully saturated rings. The van der Waals surface area contributed by atoms with E-state index in [9.17, 15) is 0 Å². The highest BCUT2D eigenvalue weighted by Gasteiger charge is 2.21. The molecular formula is C13H18IN. The van der Waals surface area contributed by atoms with Crippen LogP contribution in [0.4, 0.5) is 5.69 Å². The van der Waals surface area contributed by atoms with Gasteiger partial charge >= 0.3 is 0 Å². The topological polar surface area (TPSA) is 12.0 Å². The standard InChI is InChI=1S/C13H18IN/c1-10(11-5-2-3-6-11)15-13-8-4-7-12(14)9-13/h4,7-11,15H,2-3,5-6H2,1H3. The molecule has 0 heterocycles. The maximum absolute atomic E-state index is 3.62. The zero-order valence-electron chi connectivity index (χ0n) is 9.17. The van der Waals surface area contributed by atoms with E-state index in [2.05, 4.69) is 59.1 Å². The molecule has 0 aliphatic heterocycles. The summed E-state index contributed by atoms with van der Waals surface area (Å²) in [6.07, 6.45) is 5.64. The fraction of sp³-hybridized carbons (Fsp3) is 0.538. The summed E-state index contributed by atoms with van der Waals surface area (Å²) in [4.78, 5) is 0. The van der Waals surface area contributed by atoms with Crippen LogP contribution in [0.2, 0.25) is 0 Å². The minimum atomic E-state index is 0.616. The van der Waals surface area contributed by atoms with E-state index in [1.54, 1.807) is 0 Å². The molecule has 0 saturated heterocycles. The van der Waals surface area contributed by atoms with Gasteiger partial charge in [0.1, 0.15) is 0 Å². The van der Waals surface area contributed by atoms with Crippen molar-refractivity contribution in [2.24, 2.45) is 5.92 Å². The van der Waals surface area contributed by atoms with Gasteiger partial charge in [-0.3, -0.25) is 0 Å². The molecule has 2 rings (SSSR count). The van der Waals surface area contributed by atoms with Crippen LogP contribution < -0.4 is 5.32 Å². The summed E-state index contributed by atoms with van der Waals surface area (Å²) in [7, 11) is 0. The molecule has 1 aliphatic rings. The molecular weight excluding hydrogens is 297 g/mol. The molecule has 0 spiro atoms. The first-order valence-corrected chi connectivity index (χ1v) is 6.85. The van der Waals surface area contributed by atoms with Gasteiger partial charge in [0.05, 0.1) is 0 Å². The average Bonchev–Trinajstić information content (AvgIpc) is 2.70. The third-order valence-corrected chi connectivity index (χ3v) is 4.00. The lowest BCUT2D eigenvalue weighted by Crippen LogP contribution is -2.23. The van der Waals surface area contributed by atoms with E-state index in [0.29, 0.717) is 6.04 Å². The summed E-state index contributed by atoms with van der Waals surface area (Å²) in [6, 6.07) is 9.24. The van der Waals surface area contributed by atoms with Gasteiger partial charge in [0.15, 0.2) is 0 Å². The van der Waals surface area contributed by atoms with Gasteiger partial charge in [0.25, 0.3) is 0 Å². The molecule has 82 valence electrons. The van der Waals surface area contributed by atoms with Gasteiger partial charge in [-0.1, -0.05) is 18.9 Å². The Morgan fingerprint density at radius 3 is 2.73 bits per heavy atom. The van der Waals surface area contributed by atoms with E-state index in [4.69, 9.17) is 0 Å². The minimum Gasteiger partial charge on any atom is -0.382 e. The number of hydrogen-bond acceptors (Lipinski definition) is 1. The number of nitrogens with one attached hydrogen (secondary N) is 1. The van der Waals surface area contributed by atoms with Crippen LogP contribution in [0.15, 0.2) is 24.3 Å². The molecule has 1 aromatic carbocycles. The van der Waals surface area contributed by atoms with Gasteiger partial charge in [-0.05, 0) is 66.5 Å². The third kappa shape index (κ3) is 3.10. The second-order valence-corrected chi connectivity index (χ2v) is 5.73. The van der Waals surface area contributed by atoms with E-state index >= 15 is 0 Å². The Morgan fingerprint density at radius 1 is 1.33 bits per heavy atom. The quantitative estimate of drug-likeness (QED) is 0.821. The van der Waals surface area contributed by atoms with E-state index in [1.165, 1.54) is 34.9 Å². The second-order valence-electron chi connectivity index (χ2n) is 4.49. The summed E-state index contributed by atoms with van der Waals surface area (Å²) in [5, 5.41) is 3.62. The van der Waals surface area contributed by atoms with Crippen molar-refractivity contribution in [2.45, 2.75) is 38.6 Å². The maximum Gasteiger partial charge on any atom is 0.0352 e. The fourth-order valence-corrected chi connectivity index (χ4v) is 2.96. The Labute approximate surface area is 106 Å². The Kier molecular flexibility index (Phi) is 3.89. The zero-order valence-corrected chi connectivity index (χ0v) is 11.3. The minimum absolute atomic E-state index is 0.616. The van der Waals surface area contributed by atoms with E-state index < -0.39 is 0 Å². The molecule has 1 saturated carbocycles. The molecule has 0 amide bonds. The van der Waals surface area contributed by atoms with Crippen molar-refractivity contribution in [1.29, 1.82) is 0 Å². The van der Waals surface area contributed by atoms with Crippen LogP contribution in [0.3, 0.4) is 0 Å². The number of hydrogen-bond donors (Lipinski definition) is 1. The van der Waals surface area contributed by atoms with Crippen molar-refractivity contribution in [3.05, 3.63) is 27.8 Å². The second kappa shape index (κ2) is 5.19. The van der Waals surface area contributed by atoms with Gasteiger partial charge in [-0.15, -0.1) is 0 Å². The molecule has 15 heavy (non-hydrogen) atoms. The molecule has 1 aromatic rings. The number of anilines is 1. The number of benzene rings is 1. The lowest BCUT2D eigenvalue weighted by molar-refractivity contribution is 0.482. The van der Waals surface area contributed by atoms with Crippen LogP contribution in [-0.4, -0.2) is 6.04 Å². The van der Waals surface area contributed by atoms with Crippen molar-refractivity contribution >= 4 is 28.3 Å². The fourth-order valence-electron chi connectivity index (χ4n) is 2.42. The van der Waals surface area contributed by atoms with Crippen LogP contribution in [-0.2, 0) is 0 Å². The first-order chi connectivity index (χ1) is 7.25. The molecule has 1 N–H and O–H groups in total. The predicted molar refractivity (Wildman–Crippen MR) is 74.2 cm³/mol. The Balaban J connectivity index is 1.95. The molecule has 1 aliphatic carbocycles. The van der Waals surface area contributed by atoms with Crippen LogP contribution >= 0.6 is 22.6 Å². The number of halogens is 1. The largest absolute Gasteiger partial charge is 0.382 e. The lowest BCUT2D eigenvalue weighted by Gasteiger charge is -2.21. The van der Waals surface area contributed by atoms with Gasteiger partial charge in [-0.2, -0.15) is 0 Å². The highest BCUT2D eigenvalue weighted by atomic mass is 127. The van der Waals surface area contributed by atoms with Crippen molar-refractivity contribution < 1.29 is 0 Å². The molecule has 0 aromatic heterocycles. The van der Waals surface area contributed by atoms with Gasteiger partial charge < -0.3 is 5.32 Å². The lowest BCUT2D eigenvalue weighted by atomic mass is 9.99. The van der Waals surface area contributed by atoms with Crippen molar-refractivity contribution in [3.63, 3.8) is 0 Å². The van der Waals surface area contributed by atoms with Gasteiger partial charge in [0.2, 0.25) is 0 Å². The molecule has 2 heteroatoms. The van der Waals surface area contributed by atoms with Crippen LogP contribution in [0.25, 0.3) is 0 Å². The first kappa shape index (κ1) is 11.2. The SMILES string of the molecule is CC(Nc1cccc(I)c1)C1CCCC1. The van der Waals surface area contributed by atoms with Crippen molar-refractivity contribution in [3.8, 4) is 0 Å². The highest BCUT2D eigenvalue weighted by molar-refractivity contribution is 14.1. The van der Waals surface area contributed by atoms with Gasteiger partial charge in [-0.25, -0.2) is 0 Å². The molecule has 0 radical (unpaired) electrons. The Morgan fingerprint density at radius 2 is 2.07 bits per heavy atom. The highest BCUT2D eigenvalue weighted by Crippen LogP contribution is 2.29. The normalized spacial score (nSPS) is 19.1. The first-order valence-electron chi connectivity index (χ1n) is 5.78. The summed E-state index contributed by atoms with van der Waals surface area (Å²) >= 11 is 2.36. The van der Waals surface area contributed by atoms with Crippen molar-refractivity contribution in [2.75, 3.05) is 5.32 Å². The van der Waals surface area contributed by atoms with Gasteiger partial charge in [0, 0.05) is 15.3 Å². The number of rotatable bonds is 3. The molecule has 0 bridgehead atoms. The smallest absolute Gasteiger partial charge is 0.0352 e. The molecule has 1 unspecified atom stereocenters. The predicted octanol–water partition coefficient (Wildman–Crippen LogP) is 4.28. The summed E-state index contributed by atoms with van der Waals surface area (Å²) in [5.74, 6) is 0.878. The van der Waals surface area contributed by atoms with E-state index in [0.717, 1.165) is 5.92 Å². The zero-order chi connectivity index (χ0) is 10.7. The summed E-state index contributed by atoms with van der Waals surface area (Å²) < 4.78 is 1.30. The monoisotopic (exact) mass is 315 g/mol. The van der Waals surface area contributed by atoms with Crippen LogP contribution in [0.5, 0.6) is 0 Å². The maximum atomic E-state index is 3.62. The molecule has 1 atom stereocenters. The summed E-state index contributed by atoms with van der Waals surface area (Å²) in [5.41, 5.74) is 1.27. The summed E-state index contributed by atoms with van der Waals surface area (Å²) in [6.45, 7) is 2.32. The van der Waals surface area contributed by atoms with Crippen LogP contribution in [0, 0.1) is 9.49 Å². The van der Waals surface area contributed by atoms with Crippen molar-refractivity contribution in [1.82, 2.24) is 0 Å². The van der Waals surface area contributed by atoms with Crippen LogP contribution in [0.1, 0.15) is 32.6 Å². The average molecular weight is 315 g/mol. The Hall–Kier alpha value is -0.250.